The van der Waals surface area contributed by atoms with Crippen LogP contribution < -0.4 is 11.1 Å². The van der Waals surface area contributed by atoms with Crippen LogP contribution >= 0.6 is 24.2 Å². The van der Waals surface area contributed by atoms with Crippen LogP contribution in [0.3, 0.4) is 0 Å². The van der Waals surface area contributed by atoms with E-state index in [1.165, 1.54) is 7.11 Å². The average Bonchev–Trinajstić information content (AvgIpc) is 2.44. The van der Waals surface area contributed by atoms with Gasteiger partial charge in [0, 0.05) is 5.69 Å². The second-order valence-corrected chi connectivity index (χ2v) is 4.93. The molecule has 0 aliphatic rings. The molecule has 0 aliphatic carbocycles. The van der Waals surface area contributed by atoms with Crippen molar-refractivity contribution in [2.24, 2.45) is 5.73 Å². The Bertz CT molecular complexity index is 440. The first-order valence-corrected chi connectivity index (χ1v) is 7.21. The minimum absolute atomic E-state index is 0. The Labute approximate surface area is 129 Å². The maximum absolute atomic E-state index is 11.8. The summed E-state index contributed by atoms with van der Waals surface area (Å²) in [6.07, 6.45) is 2.60. The molecular formula is C13H19ClN2O3S. The number of carbonyl (C=O) groups excluding carboxylic acids is 2. The number of nitrogens with two attached hydrogens (primary N) is 1. The van der Waals surface area contributed by atoms with E-state index in [0.717, 1.165) is 5.75 Å². The van der Waals surface area contributed by atoms with Crippen molar-refractivity contribution in [2.75, 3.05) is 24.4 Å². The smallest absolute Gasteiger partial charge is 0.337 e. The Morgan fingerprint density at radius 2 is 1.95 bits per heavy atom. The second kappa shape index (κ2) is 9.63. The van der Waals surface area contributed by atoms with Gasteiger partial charge in [0.05, 0.1) is 18.7 Å². The molecule has 0 fully saturated rings. The summed E-state index contributed by atoms with van der Waals surface area (Å²) in [5.74, 6) is 0.213. The molecule has 1 rings (SSSR count). The molecule has 0 aromatic heterocycles. The minimum Gasteiger partial charge on any atom is -0.465 e. The molecule has 112 valence electrons. The molecule has 0 spiro atoms. The number of methoxy groups -OCH3 is 1. The summed E-state index contributed by atoms with van der Waals surface area (Å²) in [5, 5.41) is 2.71. The van der Waals surface area contributed by atoms with Crippen molar-refractivity contribution in [3.8, 4) is 0 Å². The lowest BCUT2D eigenvalue weighted by atomic mass is 10.2. The van der Waals surface area contributed by atoms with E-state index in [4.69, 9.17) is 5.73 Å². The van der Waals surface area contributed by atoms with E-state index in [1.807, 2.05) is 6.26 Å². The van der Waals surface area contributed by atoms with Crippen molar-refractivity contribution in [1.29, 1.82) is 0 Å². The number of nitrogens with one attached hydrogen (secondary N) is 1. The third-order valence-electron chi connectivity index (χ3n) is 2.54. The van der Waals surface area contributed by atoms with E-state index >= 15 is 0 Å². The van der Waals surface area contributed by atoms with Crippen molar-refractivity contribution in [1.82, 2.24) is 0 Å². The van der Waals surface area contributed by atoms with Gasteiger partial charge in [-0.3, -0.25) is 4.79 Å². The summed E-state index contributed by atoms with van der Waals surface area (Å²) in [4.78, 5) is 23.0. The number of carbonyl (C=O) groups is 2. The fourth-order valence-electron chi connectivity index (χ4n) is 1.42. The highest BCUT2D eigenvalue weighted by atomic mass is 35.5. The quantitative estimate of drug-likeness (QED) is 0.783. The maximum atomic E-state index is 11.8. The molecule has 0 radical (unpaired) electrons. The number of esters is 1. The van der Waals surface area contributed by atoms with Gasteiger partial charge in [0.2, 0.25) is 5.91 Å². The number of amides is 1. The molecular weight excluding hydrogens is 300 g/mol. The van der Waals surface area contributed by atoms with Crippen molar-refractivity contribution < 1.29 is 14.3 Å². The first kappa shape index (κ1) is 18.8. The number of halogens is 1. The van der Waals surface area contributed by atoms with E-state index in [0.29, 0.717) is 17.7 Å². The highest BCUT2D eigenvalue weighted by Gasteiger charge is 2.13. The van der Waals surface area contributed by atoms with E-state index < -0.39 is 12.0 Å². The van der Waals surface area contributed by atoms with E-state index in [1.54, 1.807) is 36.0 Å². The van der Waals surface area contributed by atoms with E-state index in [2.05, 4.69) is 10.1 Å². The van der Waals surface area contributed by atoms with Gasteiger partial charge in [0.15, 0.2) is 0 Å². The Balaban J connectivity index is 0.00000361. The van der Waals surface area contributed by atoms with Crippen molar-refractivity contribution in [3.63, 3.8) is 0 Å². The topological polar surface area (TPSA) is 81.4 Å². The van der Waals surface area contributed by atoms with Crippen LogP contribution in [0.15, 0.2) is 24.3 Å². The van der Waals surface area contributed by atoms with Gasteiger partial charge in [0.1, 0.15) is 0 Å². The molecule has 1 amide bonds. The molecule has 0 heterocycles. The van der Waals surface area contributed by atoms with Crippen LogP contribution in [0, 0.1) is 0 Å². The van der Waals surface area contributed by atoms with Gasteiger partial charge in [-0.05, 0) is 42.7 Å². The van der Waals surface area contributed by atoms with Crippen LogP contribution in [0.1, 0.15) is 16.8 Å². The Morgan fingerprint density at radius 3 is 2.45 bits per heavy atom. The number of thioether (sulfide) groups is 1. The Morgan fingerprint density at radius 1 is 1.35 bits per heavy atom. The predicted octanol–water partition coefficient (Wildman–Crippen LogP) is 1.91. The van der Waals surface area contributed by atoms with Crippen LogP contribution in [0.2, 0.25) is 0 Å². The highest BCUT2D eigenvalue weighted by Crippen LogP contribution is 2.11. The van der Waals surface area contributed by atoms with Gasteiger partial charge in [-0.2, -0.15) is 11.8 Å². The summed E-state index contributed by atoms with van der Waals surface area (Å²) in [6.45, 7) is 0. The fraction of sp³-hybridized carbons (Fsp3) is 0.385. The van der Waals surface area contributed by atoms with Crippen molar-refractivity contribution in [2.45, 2.75) is 12.5 Å². The summed E-state index contributed by atoms with van der Waals surface area (Å²) in [6, 6.07) is 5.95. The van der Waals surface area contributed by atoms with Crippen LogP contribution in [0.25, 0.3) is 0 Å². The second-order valence-electron chi connectivity index (χ2n) is 3.95. The third kappa shape index (κ3) is 5.81. The number of anilines is 1. The Hall–Kier alpha value is -1.24. The summed E-state index contributed by atoms with van der Waals surface area (Å²) >= 11 is 1.65. The minimum atomic E-state index is -0.521. The van der Waals surface area contributed by atoms with Crippen LogP contribution in [0.5, 0.6) is 0 Å². The number of benzene rings is 1. The molecule has 3 N–H and O–H groups in total. The zero-order valence-electron chi connectivity index (χ0n) is 11.4. The SMILES string of the molecule is COC(=O)c1ccc(NC(=O)[C@@H](N)CCSC)cc1.Cl. The van der Waals surface area contributed by atoms with E-state index in [-0.39, 0.29) is 18.3 Å². The molecule has 1 aromatic rings. The van der Waals surface area contributed by atoms with Crippen LogP contribution in [-0.4, -0.2) is 37.0 Å². The molecule has 20 heavy (non-hydrogen) atoms. The first-order chi connectivity index (χ1) is 9.08. The molecule has 0 aliphatic heterocycles. The van der Waals surface area contributed by atoms with Gasteiger partial charge in [-0.25, -0.2) is 4.79 Å². The fourth-order valence-corrected chi connectivity index (χ4v) is 1.91. The molecule has 1 aromatic carbocycles. The van der Waals surface area contributed by atoms with Gasteiger partial charge < -0.3 is 15.8 Å². The van der Waals surface area contributed by atoms with Gasteiger partial charge in [0.25, 0.3) is 0 Å². The molecule has 0 bridgehead atoms. The number of hydrogen-bond acceptors (Lipinski definition) is 5. The van der Waals surface area contributed by atoms with Crippen LogP contribution in [0.4, 0.5) is 5.69 Å². The van der Waals surface area contributed by atoms with Gasteiger partial charge >= 0.3 is 5.97 Å². The van der Waals surface area contributed by atoms with Crippen molar-refractivity contribution >= 4 is 41.7 Å². The average molecular weight is 319 g/mol. The zero-order chi connectivity index (χ0) is 14.3. The predicted molar refractivity (Wildman–Crippen MR) is 84.6 cm³/mol. The highest BCUT2D eigenvalue weighted by molar-refractivity contribution is 7.98. The Kier molecular flexibility index (Phi) is 9.03. The summed E-state index contributed by atoms with van der Waals surface area (Å²) in [5.41, 5.74) is 6.80. The lowest BCUT2D eigenvalue weighted by Gasteiger charge is -2.11. The van der Waals surface area contributed by atoms with Gasteiger partial charge in [-0.15, -0.1) is 12.4 Å². The number of ether oxygens (including phenoxy) is 1. The maximum Gasteiger partial charge on any atom is 0.337 e. The number of hydrogen-bond donors (Lipinski definition) is 2. The third-order valence-corrected chi connectivity index (χ3v) is 3.19. The standard InChI is InChI=1S/C13H18N2O3S.ClH/c1-18-13(17)9-3-5-10(6-4-9)15-12(16)11(14)7-8-19-2;/h3-6,11H,7-8,14H2,1-2H3,(H,15,16);1H/t11-;/m0./s1. The lowest BCUT2D eigenvalue weighted by molar-refractivity contribution is -0.117. The first-order valence-electron chi connectivity index (χ1n) is 5.82. The molecule has 1 atom stereocenters. The van der Waals surface area contributed by atoms with Gasteiger partial charge in [-0.1, -0.05) is 0 Å². The van der Waals surface area contributed by atoms with E-state index in [9.17, 15) is 9.59 Å². The molecule has 0 saturated heterocycles. The summed E-state index contributed by atoms with van der Waals surface area (Å²) < 4.78 is 4.59. The normalized spacial score (nSPS) is 11.2. The zero-order valence-corrected chi connectivity index (χ0v) is 13.1. The lowest BCUT2D eigenvalue weighted by Crippen LogP contribution is -2.36. The molecule has 0 saturated carbocycles. The molecule has 7 heteroatoms. The molecule has 5 nitrogen and oxygen atoms in total. The molecule has 0 unspecified atom stereocenters. The monoisotopic (exact) mass is 318 g/mol. The summed E-state index contributed by atoms with van der Waals surface area (Å²) in [7, 11) is 1.32. The van der Waals surface area contributed by atoms with Crippen LogP contribution in [-0.2, 0) is 9.53 Å². The van der Waals surface area contributed by atoms with Crippen molar-refractivity contribution in [3.05, 3.63) is 29.8 Å². The number of rotatable bonds is 6. The largest absolute Gasteiger partial charge is 0.465 e.